The molecule has 3 aromatic rings. The second-order valence-corrected chi connectivity index (χ2v) is 7.49. The molecule has 0 spiro atoms. The van der Waals surface area contributed by atoms with Crippen LogP contribution < -0.4 is 4.74 Å². The van der Waals surface area contributed by atoms with E-state index in [0.717, 1.165) is 17.7 Å². The molecular weight excluding hydrogens is 445 g/mol. The minimum atomic E-state index is -1.41. The smallest absolute Gasteiger partial charge is 0.224 e. The lowest BCUT2D eigenvalue weighted by atomic mass is 9.95. The van der Waals surface area contributed by atoms with E-state index in [4.69, 9.17) is 14.2 Å². The van der Waals surface area contributed by atoms with Crippen LogP contribution in [0.5, 0.6) is 5.75 Å². The van der Waals surface area contributed by atoms with Crippen LogP contribution in [0.3, 0.4) is 0 Å². The third-order valence-corrected chi connectivity index (χ3v) is 5.23. The highest BCUT2D eigenvalue weighted by Gasteiger charge is 2.28. The quantitative estimate of drug-likeness (QED) is 0.236. The van der Waals surface area contributed by atoms with Gasteiger partial charge in [0.05, 0.1) is 5.56 Å². The highest BCUT2D eigenvalue weighted by molar-refractivity contribution is 5.99. The Balaban J connectivity index is 1.93. The number of halogens is 3. The Labute approximate surface area is 197 Å². The molecule has 0 radical (unpaired) electrons. The van der Waals surface area contributed by atoms with Gasteiger partial charge in [-0.15, -0.1) is 0 Å². The van der Waals surface area contributed by atoms with Crippen molar-refractivity contribution in [3.63, 3.8) is 0 Å². The topological polar surface area (TPSA) is 44.8 Å². The summed E-state index contributed by atoms with van der Waals surface area (Å²) in [5, 5.41) is 0. The molecular formula is C27H27F3O4. The molecule has 0 aliphatic rings. The van der Waals surface area contributed by atoms with Crippen LogP contribution >= 0.6 is 0 Å². The third kappa shape index (κ3) is 5.85. The SMILES string of the molecule is CCOC(OCC)C(=O)c1c(F)cc(-c2cc(F)c(OCc3ccccc3)cc2CC)cc1F. The van der Waals surface area contributed by atoms with Gasteiger partial charge in [-0.25, -0.2) is 13.2 Å². The molecule has 34 heavy (non-hydrogen) atoms. The van der Waals surface area contributed by atoms with Gasteiger partial charge in [-0.2, -0.15) is 0 Å². The fourth-order valence-electron chi connectivity index (χ4n) is 3.59. The summed E-state index contributed by atoms with van der Waals surface area (Å²) in [6.07, 6.45) is -0.938. The van der Waals surface area contributed by atoms with Crippen molar-refractivity contribution in [3.05, 3.63) is 88.7 Å². The summed E-state index contributed by atoms with van der Waals surface area (Å²) in [6, 6.07) is 14.1. The molecule has 0 aliphatic heterocycles. The second-order valence-electron chi connectivity index (χ2n) is 7.49. The zero-order valence-corrected chi connectivity index (χ0v) is 19.4. The Kier molecular flexibility index (Phi) is 8.85. The maximum absolute atomic E-state index is 14.9. The molecule has 3 aromatic carbocycles. The molecule has 0 aromatic heterocycles. The van der Waals surface area contributed by atoms with E-state index < -0.39 is 35.1 Å². The van der Waals surface area contributed by atoms with Gasteiger partial charge in [0.15, 0.2) is 11.6 Å². The van der Waals surface area contributed by atoms with E-state index in [9.17, 15) is 18.0 Å². The molecule has 7 heteroatoms. The first kappa shape index (κ1) is 25.5. The first-order valence-electron chi connectivity index (χ1n) is 11.1. The highest BCUT2D eigenvalue weighted by atomic mass is 19.1. The zero-order valence-electron chi connectivity index (χ0n) is 19.4. The van der Waals surface area contributed by atoms with E-state index in [1.54, 1.807) is 13.8 Å². The summed E-state index contributed by atoms with van der Waals surface area (Å²) in [4.78, 5) is 12.6. The Bertz CT molecular complexity index is 1100. The van der Waals surface area contributed by atoms with Crippen molar-refractivity contribution in [3.8, 4) is 16.9 Å². The van der Waals surface area contributed by atoms with Crippen molar-refractivity contribution < 1.29 is 32.2 Å². The van der Waals surface area contributed by atoms with Crippen LogP contribution in [-0.2, 0) is 22.5 Å². The number of hydrogen-bond donors (Lipinski definition) is 0. The van der Waals surface area contributed by atoms with Gasteiger partial charge in [0, 0.05) is 13.2 Å². The number of rotatable bonds is 11. The average Bonchev–Trinajstić information content (AvgIpc) is 2.83. The molecule has 3 rings (SSSR count). The Morgan fingerprint density at radius 1 is 0.853 bits per heavy atom. The van der Waals surface area contributed by atoms with E-state index in [-0.39, 0.29) is 31.1 Å². The van der Waals surface area contributed by atoms with Crippen molar-refractivity contribution in [1.29, 1.82) is 0 Å². The maximum atomic E-state index is 14.9. The lowest BCUT2D eigenvalue weighted by Gasteiger charge is -2.17. The molecule has 0 saturated heterocycles. The fourth-order valence-corrected chi connectivity index (χ4v) is 3.59. The van der Waals surface area contributed by atoms with Gasteiger partial charge < -0.3 is 14.2 Å². The van der Waals surface area contributed by atoms with Gasteiger partial charge in [0.25, 0.3) is 0 Å². The van der Waals surface area contributed by atoms with Gasteiger partial charge in [0.1, 0.15) is 18.2 Å². The number of ether oxygens (including phenoxy) is 3. The third-order valence-electron chi connectivity index (χ3n) is 5.23. The fraction of sp³-hybridized carbons (Fsp3) is 0.296. The lowest BCUT2D eigenvalue weighted by Crippen LogP contribution is -2.29. The number of benzene rings is 3. The number of carbonyl (C=O) groups excluding carboxylic acids is 1. The average molecular weight is 473 g/mol. The summed E-state index contributed by atoms with van der Waals surface area (Å²) in [5.74, 6) is -3.70. The molecule has 0 N–H and O–H groups in total. The number of ketones is 1. The lowest BCUT2D eigenvalue weighted by molar-refractivity contribution is -0.107. The molecule has 180 valence electrons. The highest BCUT2D eigenvalue weighted by Crippen LogP contribution is 2.33. The van der Waals surface area contributed by atoms with Gasteiger partial charge >= 0.3 is 0 Å². The van der Waals surface area contributed by atoms with Crippen LogP contribution in [0.2, 0.25) is 0 Å². The Morgan fingerprint density at radius 2 is 1.47 bits per heavy atom. The van der Waals surface area contributed by atoms with Crippen LogP contribution in [-0.4, -0.2) is 25.3 Å². The Hall–Kier alpha value is -3.16. The summed E-state index contributed by atoms with van der Waals surface area (Å²) < 4.78 is 60.7. The number of aryl methyl sites for hydroxylation is 1. The normalized spacial score (nSPS) is 11.1. The molecule has 0 heterocycles. The van der Waals surface area contributed by atoms with Crippen molar-refractivity contribution in [2.45, 2.75) is 40.1 Å². The standard InChI is InChI=1S/C27H27F3O4/c1-4-18-14-24(34-16-17-10-8-7-9-11-17)21(28)15-20(18)19-12-22(29)25(23(30)13-19)26(31)27(32-5-2)33-6-3/h7-15,27H,4-6,16H2,1-3H3. The zero-order chi connectivity index (χ0) is 24.7. The van der Waals surface area contributed by atoms with E-state index in [1.165, 1.54) is 12.1 Å². The summed E-state index contributed by atoms with van der Waals surface area (Å²) in [6.45, 7) is 5.58. The van der Waals surface area contributed by atoms with Gasteiger partial charge in [-0.1, -0.05) is 37.3 Å². The molecule has 0 bridgehead atoms. The number of carbonyl (C=O) groups is 1. The number of Topliss-reactive ketones (excluding diaryl/α,β-unsaturated/α-hetero) is 1. The monoisotopic (exact) mass is 472 g/mol. The molecule has 4 nitrogen and oxygen atoms in total. The van der Waals surface area contributed by atoms with Gasteiger partial charge in [-0.05, 0) is 66.8 Å². The van der Waals surface area contributed by atoms with E-state index in [0.29, 0.717) is 17.5 Å². The van der Waals surface area contributed by atoms with Crippen molar-refractivity contribution in [1.82, 2.24) is 0 Å². The molecule has 0 atom stereocenters. The minimum absolute atomic E-state index is 0.0495. The summed E-state index contributed by atoms with van der Waals surface area (Å²) in [7, 11) is 0. The van der Waals surface area contributed by atoms with Crippen LogP contribution in [0, 0.1) is 17.5 Å². The van der Waals surface area contributed by atoms with Crippen molar-refractivity contribution >= 4 is 5.78 Å². The Morgan fingerprint density at radius 3 is 2.03 bits per heavy atom. The molecule has 0 aliphatic carbocycles. The molecule has 0 unspecified atom stereocenters. The van der Waals surface area contributed by atoms with E-state index in [1.807, 2.05) is 37.3 Å². The first-order chi connectivity index (χ1) is 16.4. The van der Waals surface area contributed by atoms with Gasteiger partial charge in [-0.3, -0.25) is 4.79 Å². The summed E-state index contributed by atoms with van der Waals surface area (Å²) in [5.41, 5.74) is 1.20. The van der Waals surface area contributed by atoms with Gasteiger partial charge in [0.2, 0.25) is 12.1 Å². The number of hydrogen-bond acceptors (Lipinski definition) is 4. The molecule has 0 fully saturated rings. The largest absolute Gasteiger partial charge is 0.486 e. The van der Waals surface area contributed by atoms with E-state index >= 15 is 0 Å². The minimum Gasteiger partial charge on any atom is -0.486 e. The predicted octanol–water partition coefficient (Wildman–Crippen LogP) is 6.49. The van der Waals surface area contributed by atoms with Crippen LogP contribution in [0.4, 0.5) is 13.2 Å². The maximum Gasteiger partial charge on any atom is 0.224 e. The van der Waals surface area contributed by atoms with Crippen molar-refractivity contribution in [2.75, 3.05) is 13.2 Å². The van der Waals surface area contributed by atoms with Crippen molar-refractivity contribution in [2.24, 2.45) is 0 Å². The van der Waals surface area contributed by atoms with Crippen LogP contribution in [0.1, 0.15) is 42.3 Å². The van der Waals surface area contributed by atoms with Crippen LogP contribution in [0.15, 0.2) is 54.6 Å². The first-order valence-corrected chi connectivity index (χ1v) is 11.1. The second kappa shape index (κ2) is 11.8. The molecule has 0 amide bonds. The van der Waals surface area contributed by atoms with E-state index in [2.05, 4.69) is 0 Å². The van der Waals surface area contributed by atoms with Crippen LogP contribution in [0.25, 0.3) is 11.1 Å². The predicted molar refractivity (Wildman–Crippen MR) is 123 cm³/mol. The molecule has 0 saturated carbocycles. The summed E-state index contributed by atoms with van der Waals surface area (Å²) >= 11 is 0.